The Morgan fingerprint density at radius 2 is 1.54 bits per heavy atom. The predicted molar refractivity (Wildman–Crippen MR) is 134 cm³/mol. The average molecular weight is 471 g/mol. The van der Waals surface area contributed by atoms with Crippen molar-refractivity contribution >= 4 is 17.6 Å². The number of Topliss-reactive ketones (excluding diaryl/α,β-unsaturated/α-hetero) is 1. The van der Waals surface area contributed by atoms with Gasteiger partial charge in [-0.3, -0.25) is 24.6 Å². The molecule has 6 nitrogen and oxygen atoms in total. The molecule has 0 spiro atoms. The van der Waals surface area contributed by atoms with Crippen molar-refractivity contribution in [1.82, 2.24) is 10.2 Å². The average Bonchev–Trinajstić information content (AvgIpc) is 3.32. The molecule has 4 rings (SSSR count). The summed E-state index contributed by atoms with van der Waals surface area (Å²) in [5, 5.41) is 14.0. The second-order valence-electron chi connectivity index (χ2n) is 9.13. The number of imide groups is 1. The number of carbonyl (C=O) groups excluding carboxylic acids is 3. The number of nitrogens with zero attached hydrogens (tertiary/aromatic N) is 1. The van der Waals surface area contributed by atoms with Gasteiger partial charge >= 0.3 is 0 Å². The number of carbonyl (C=O) groups is 3. The summed E-state index contributed by atoms with van der Waals surface area (Å²) in [6.07, 6.45) is 1.28. The molecule has 0 unspecified atom stereocenters. The van der Waals surface area contributed by atoms with E-state index in [1.165, 1.54) is 0 Å². The highest BCUT2D eigenvalue weighted by atomic mass is 16.3. The van der Waals surface area contributed by atoms with Crippen LogP contribution < -0.4 is 5.32 Å². The lowest BCUT2D eigenvalue weighted by molar-refractivity contribution is -0.142. The Balaban J connectivity index is 1.52. The van der Waals surface area contributed by atoms with Crippen LogP contribution in [0.1, 0.15) is 45.5 Å². The van der Waals surface area contributed by atoms with Gasteiger partial charge in [0.25, 0.3) is 5.91 Å². The second-order valence-corrected chi connectivity index (χ2v) is 9.13. The maximum absolute atomic E-state index is 13.4. The molecule has 3 aromatic rings. The van der Waals surface area contributed by atoms with Crippen LogP contribution in [0.2, 0.25) is 0 Å². The summed E-state index contributed by atoms with van der Waals surface area (Å²) in [5.41, 5.74) is 1.33. The molecule has 6 heteroatoms. The summed E-state index contributed by atoms with van der Waals surface area (Å²) < 4.78 is 0. The van der Waals surface area contributed by atoms with Gasteiger partial charge in [-0.25, -0.2) is 0 Å². The summed E-state index contributed by atoms with van der Waals surface area (Å²) >= 11 is 0. The van der Waals surface area contributed by atoms with Gasteiger partial charge in [0.2, 0.25) is 5.91 Å². The minimum atomic E-state index is -2.03. The van der Waals surface area contributed by atoms with E-state index in [1.807, 2.05) is 36.9 Å². The highest BCUT2D eigenvalue weighted by Gasteiger charge is 2.42. The molecule has 35 heavy (non-hydrogen) atoms. The Kier molecular flexibility index (Phi) is 7.24. The van der Waals surface area contributed by atoms with Crippen LogP contribution in [0.4, 0.5) is 0 Å². The lowest BCUT2D eigenvalue weighted by Gasteiger charge is -2.29. The van der Waals surface area contributed by atoms with Gasteiger partial charge in [0.15, 0.2) is 11.4 Å². The molecule has 0 saturated carbocycles. The van der Waals surface area contributed by atoms with Crippen LogP contribution in [-0.2, 0) is 15.2 Å². The zero-order valence-corrected chi connectivity index (χ0v) is 20.0. The number of benzene rings is 3. The number of hydrogen-bond acceptors (Lipinski definition) is 5. The maximum atomic E-state index is 13.4. The van der Waals surface area contributed by atoms with Crippen molar-refractivity contribution < 1.29 is 19.5 Å². The van der Waals surface area contributed by atoms with Gasteiger partial charge in [-0.1, -0.05) is 84.4 Å². The topological polar surface area (TPSA) is 86.7 Å². The molecule has 1 saturated heterocycles. The van der Waals surface area contributed by atoms with Gasteiger partial charge in [0.05, 0.1) is 12.6 Å². The van der Waals surface area contributed by atoms with Crippen molar-refractivity contribution in [2.24, 2.45) is 0 Å². The van der Waals surface area contributed by atoms with Crippen LogP contribution in [0.25, 0.3) is 0 Å². The van der Waals surface area contributed by atoms with Crippen molar-refractivity contribution in [2.75, 3.05) is 13.1 Å². The van der Waals surface area contributed by atoms with E-state index in [4.69, 9.17) is 0 Å². The fourth-order valence-electron chi connectivity index (χ4n) is 4.78. The number of aryl methyl sites for hydroxylation is 2. The largest absolute Gasteiger partial charge is 0.372 e. The quantitative estimate of drug-likeness (QED) is 0.516. The first-order chi connectivity index (χ1) is 16.8. The monoisotopic (exact) mass is 470 g/mol. The Labute approximate surface area is 205 Å². The molecule has 0 radical (unpaired) electrons. The molecule has 0 aromatic heterocycles. The van der Waals surface area contributed by atoms with Crippen LogP contribution in [0.5, 0.6) is 0 Å². The van der Waals surface area contributed by atoms with Crippen LogP contribution in [0.15, 0.2) is 78.9 Å². The Hall–Kier alpha value is -3.61. The fourth-order valence-corrected chi connectivity index (χ4v) is 4.78. The highest BCUT2D eigenvalue weighted by molar-refractivity contribution is 6.04. The van der Waals surface area contributed by atoms with Gasteiger partial charge < -0.3 is 5.11 Å². The van der Waals surface area contributed by atoms with Crippen molar-refractivity contribution in [3.63, 3.8) is 0 Å². The molecule has 180 valence electrons. The summed E-state index contributed by atoms with van der Waals surface area (Å²) in [6, 6.07) is 22.2. The molecule has 1 aliphatic rings. The molecule has 0 bridgehead atoms. The third kappa shape index (κ3) is 5.09. The molecule has 3 aromatic carbocycles. The molecular weight excluding hydrogens is 440 g/mol. The summed E-state index contributed by atoms with van der Waals surface area (Å²) in [6.45, 7) is 4.56. The van der Waals surface area contributed by atoms with Crippen LogP contribution >= 0.6 is 0 Å². The van der Waals surface area contributed by atoms with E-state index in [0.717, 1.165) is 17.5 Å². The van der Waals surface area contributed by atoms with E-state index in [1.54, 1.807) is 60.7 Å². The van der Waals surface area contributed by atoms with Crippen LogP contribution in [0, 0.1) is 13.8 Å². The lowest BCUT2D eigenvalue weighted by atomic mass is 9.85. The third-order valence-electron chi connectivity index (χ3n) is 6.64. The molecule has 1 atom stereocenters. The molecular formula is C29H30N2O4. The van der Waals surface area contributed by atoms with Crippen molar-refractivity contribution in [3.05, 3.63) is 107 Å². The standard InChI is InChI=1S/C29H30N2O4/c1-20-15-16-24(21(2)18-20)26(32)19-31-17-9-14-25(31)27(33)30-28(34)29(35,22-10-5-3-6-11-22)23-12-7-4-8-13-23/h3-8,10-13,15-16,18,25,35H,9,14,17,19H2,1-2H3,(H,30,33,34)/t25-/m0/s1. The number of likely N-dealkylation sites (tertiary alicyclic amines) is 1. The van der Waals surface area contributed by atoms with E-state index in [9.17, 15) is 19.5 Å². The van der Waals surface area contributed by atoms with Crippen LogP contribution in [0.3, 0.4) is 0 Å². The fraction of sp³-hybridized carbons (Fsp3) is 0.276. The summed E-state index contributed by atoms with van der Waals surface area (Å²) in [7, 11) is 0. The number of hydrogen-bond donors (Lipinski definition) is 2. The van der Waals surface area contributed by atoms with Crippen LogP contribution in [-0.4, -0.2) is 46.7 Å². The zero-order valence-electron chi connectivity index (χ0n) is 20.0. The van der Waals surface area contributed by atoms with E-state index < -0.39 is 23.5 Å². The smallest absolute Gasteiger partial charge is 0.267 e. The Morgan fingerprint density at radius 3 is 2.11 bits per heavy atom. The van der Waals surface area contributed by atoms with Gasteiger partial charge in [0.1, 0.15) is 0 Å². The summed E-state index contributed by atoms with van der Waals surface area (Å²) in [4.78, 5) is 41.4. The van der Waals surface area contributed by atoms with E-state index in [0.29, 0.717) is 29.7 Å². The van der Waals surface area contributed by atoms with E-state index in [-0.39, 0.29) is 12.3 Å². The molecule has 1 aliphatic heterocycles. The first-order valence-corrected chi connectivity index (χ1v) is 11.8. The van der Waals surface area contributed by atoms with Gasteiger partial charge in [-0.15, -0.1) is 0 Å². The van der Waals surface area contributed by atoms with Gasteiger partial charge in [-0.2, -0.15) is 0 Å². The number of amides is 2. The number of ketones is 1. The second kappa shape index (κ2) is 10.3. The molecule has 1 heterocycles. The number of aliphatic hydroxyl groups is 1. The molecule has 2 N–H and O–H groups in total. The van der Waals surface area contributed by atoms with Gasteiger partial charge in [0, 0.05) is 5.56 Å². The highest BCUT2D eigenvalue weighted by Crippen LogP contribution is 2.30. The van der Waals surface area contributed by atoms with Crippen molar-refractivity contribution in [1.29, 1.82) is 0 Å². The number of nitrogens with one attached hydrogen (secondary N) is 1. The molecule has 0 aliphatic carbocycles. The van der Waals surface area contributed by atoms with Crippen molar-refractivity contribution in [2.45, 2.75) is 38.3 Å². The first kappa shape index (κ1) is 24.5. The lowest BCUT2D eigenvalue weighted by Crippen LogP contribution is -2.53. The Morgan fingerprint density at radius 1 is 0.943 bits per heavy atom. The predicted octanol–water partition coefficient (Wildman–Crippen LogP) is 3.53. The minimum absolute atomic E-state index is 0.0568. The van der Waals surface area contributed by atoms with E-state index in [2.05, 4.69) is 5.32 Å². The SMILES string of the molecule is Cc1ccc(C(=O)CN2CCC[C@H]2C(=O)NC(=O)C(O)(c2ccccc2)c2ccccc2)c(C)c1. The van der Waals surface area contributed by atoms with E-state index >= 15 is 0 Å². The zero-order chi connectivity index (χ0) is 25.0. The third-order valence-corrected chi connectivity index (χ3v) is 6.64. The van der Waals surface area contributed by atoms with Crippen molar-refractivity contribution in [3.8, 4) is 0 Å². The van der Waals surface area contributed by atoms with Gasteiger partial charge in [-0.05, 0) is 49.9 Å². The molecule has 2 amide bonds. The Bertz CT molecular complexity index is 1180. The first-order valence-electron chi connectivity index (χ1n) is 11.8. The summed E-state index contributed by atoms with van der Waals surface area (Å²) in [5.74, 6) is -1.38. The normalized spacial score (nSPS) is 16.1. The maximum Gasteiger partial charge on any atom is 0.267 e. The minimum Gasteiger partial charge on any atom is -0.372 e. The number of rotatable bonds is 7. The molecule has 1 fully saturated rings.